The molecule has 0 aliphatic carbocycles. The van der Waals surface area contributed by atoms with E-state index in [1.54, 1.807) is 23.1 Å². The van der Waals surface area contributed by atoms with Crippen LogP contribution in [0.5, 0.6) is 0 Å². The Kier molecular flexibility index (Phi) is 6.99. The molecule has 1 saturated heterocycles. The molecule has 2 N–H and O–H groups in total. The summed E-state index contributed by atoms with van der Waals surface area (Å²) in [4.78, 5) is 29.1. The van der Waals surface area contributed by atoms with Gasteiger partial charge in [0.2, 0.25) is 0 Å². The third-order valence-corrected chi connectivity index (χ3v) is 7.78. The van der Waals surface area contributed by atoms with Crippen LogP contribution < -0.4 is 10.9 Å². The molecule has 1 amide bonds. The number of benzene rings is 3. The number of aromatic amines is 1. The second-order valence-electron chi connectivity index (χ2n) is 11.8. The lowest BCUT2D eigenvalue weighted by molar-refractivity contribution is 0.0139. The van der Waals surface area contributed by atoms with E-state index >= 15 is 0 Å². The Hall–Kier alpha value is -4.24. The lowest BCUT2D eigenvalue weighted by Gasteiger charge is -2.36. The van der Waals surface area contributed by atoms with Crippen molar-refractivity contribution < 1.29 is 13.9 Å². The molecule has 0 bridgehead atoms. The summed E-state index contributed by atoms with van der Waals surface area (Å²) in [6, 6.07) is 20.5. The number of H-pyrrole nitrogens is 1. The number of nitrogens with one attached hydrogen (secondary N) is 2. The van der Waals surface area contributed by atoms with Crippen LogP contribution in [0.25, 0.3) is 10.8 Å². The van der Waals surface area contributed by atoms with Crippen LogP contribution in [-0.2, 0) is 11.3 Å². The van der Waals surface area contributed by atoms with E-state index in [1.165, 1.54) is 17.7 Å². The van der Waals surface area contributed by atoms with E-state index in [1.807, 2.05) is 32.9 Å². The number of ether oxygens (including phenoxy) is 1. The SMILES string of the molecule is CC(C)(C)OC(=O)N1CCN(Cc2ccc(C3Nc4cccc5c(=O)[nH]nc(c45)C3c3ccc(F)cc3)cc2)CC1. The summed E-state index contributed by atoms with van der Waals surface area (Å²) in [5.74, 6) is -0.540. The van der Waals surface area contributed by atoms with E-state index < -0.39 is 5.60 Å². The topological polar surface area (TPSA) is 90.6 Å². The van der Waals surface area contributed by atoms with Gasteiger partial charge in [-0.15, -0.1) is 0 Å². The van der Waals surface area contributed by atoms with Gasteiger partial charge in [-0.3, -0.25) is 9.69 Å². The minimum absolute atomic E-state index is 0.177. The van der Waals surface area contributed by atoms with E-state index in [-0.39, 0.29) is 29.4 Å². The normalized spacial score (nSPS) is 19.2. The van der Waals surface area contributed by atoms with E-state index in [0.717, 1.165) is 47.5 Å². The molecule has 8 nitrogen and oxygen atoms in total. The number of hydrogen-bond donors (Lipinski definition) is 2. The van der Waals surface area contributed by atoms with Crippen molar-refractivity contribution >= 4 is 22.6 Å². The fourth-order valence-corrected chi connectivity index (χ4v) is 5.80. The molecule has 0 spiro atoms. The molecule has 41 heavy (non-hydrogen) atoms. The first-order chi connectivity index (χ1) is 19.7. The lowest BCUT2D eigenvalue weighted by atomic mass is 9.80. The highest BCUT2D eigenvalue weighted by atomic mass is 19.1. The van der Waals surface area contributed by atoms with Crippen molar-refractivity contribution in [2.45, 2.75) is 44.9 Å². The van der Waals surface area contributed by atoms with Crippen LogP contribution in [0.4, 0.5) is 14.9 Å². The molecule has 9 heteroatoms. The molecule has 3 heterocycles. The Morgan fingerprint density at radius 1 is 0.976 bits per heavy atom. The van der Waals surface area contributed by atoms with Crippen molar-refractivity contribution in [2.75, 3.05) is 31.5 Å². The monoisotopic (exact) mass is 555 g/mol. The largest absolute Gasteiger partial charge is 0.444 e. The summed E-state index contributed by atoms with van der Waals surface area (Å²) in [6.07, 6.45) is -0.256. The summed E-state index contributed by atoms with van der Waals surface area (Å²) >= 11 is 0. The van der Waals surface area contributed by atoms with Crippen LogP contribution in [-0.4, -0.2) is 57.9 Å². The number of rotatable bonds is 4. The first-order valence-corrected chi connectivity index (χ1v) is 14.0. The zero-order valence-electron chi connectivity index (χ0n) is 23.5. The van der Waals surface area contributed by atoms with Gasteiger partial charge in [-0.25, -0.2) is 14.3 Å². The molecule has 2 unspecified atom stereocenters. The van der Waals surface area contributed by atoms with Crippen LogP contribution in [0, 0.1) is 5.82 Å². The van der Waals surface area contributed by atoms with Gasteiger partial charge >= 0.3 is 6.09 Å². The number of hydrogen-bond acceptors (Lipinski definition) is 6. The summed E-state index contributed by atoms with van der Waals surface area (Å²) < 4.78 is 19.4. The van der Waals surface area contributed by atoms with Crippen LogP contribution in [0.2, 0.25) is 0 Å². The van der Waals surface area contributed by atoms with Gasteiger partial charge in [-0.1, -0.05) is 42.5 Å². The van der Waals surface area contributed by atoms with Gasteiger partial charge in [0.05, 0.1) is 23.0 Å². The summed E-state index contributed by atoms with van der Waals surface area (Å²) in [5, 5.41) is 12.2. The molecule has 0 saturated carbocycles. The predicted molar refractivity (Wildman–Crippen MR) is 156 cm³/mol. The highest BCUT2D eigenvalue weighted by Gasteiger charge is 2.35. The van der Waals surface area contributed by atoms with Gasteiger partial charge in [-0.05, 0) is 61.7 Å². The summed E-state index contributed by atoms with van der Waals surface area (Å²) in [5.41, 5.74) is 4.03. The highest BCUT2D eigenvalue weighted by Crippen LogP contribution is 2.46. The third-order valence-electron chi connectivity index (χ3n) is 7.78. The molecule has 2 aliphatic rings. The van der Waals surface area contributed by atoms with Gasteiger partial charge in [0.1, 0.15) is 11.4 Å². The Morgan fingerprint density at radius 3 is 2.34 bits per heavy atom. The minimum atomic E-state index is -0.499. The number of amides is 1. The third kappa shape index (κ3) is 5.54. The van der Waals surface area contributed by atoms with Crippen LogP contribution in [0.1, 0.15) is 55.1 Å². The van der Waals surface area contributed by atoms with Crippen molar-refractivity contribution in [2.24, 2.45) is 0 Å². The van der Waals surface area contributed by atoms with Gasteiger partial charge in [0.25, 0.3) is 5.56 Å². The first-order valence-electron chi connectivity index (χ1n) is 14.0. The van der Waals surface area contributed by atoms with E-state index in [9.17, 15) is 14.0 Å². The molecule has 3 aromatic carbocycles. The molecule has 212 valence electrons. The quantitative estimate of drug-likeness (QED) is 0.350. The zero-order valence-corrected chi connectivity index (χ0v) is 23.5. The number of anilines is 1. The number of nitrogens with zero attached hydrogens (tertiary/aromatic N) is 3. The molecule has 1 fully saturated rings. The van der Waals surface area contributed by atoms with Crippen molar-refractivity contribution in [3.05, 3.63) is 105 Å². The number of carbonyl (C=O) groups excluding carboxylic acids is 1. The fourth-order valence-electron chi connectivity index (χ4n) is 5.80. The second-order valence-corrected chi connectivity index (χ2v) is 11.8. The maximum atomic E-state index is 13.8. The minimum Gasteiger partial charge on any atom is -0.444 e. The molecule has 2 aliphatic heterocycles. The molecule has 6 rings (SSSR count). The van der Waals surface area contributed by atoms with Gasteiger partial charge in [0.15, 0.2) is 0 Å². The Balaban J connectivity index is 1.22. The van der Waals surface area contributed by atoms with E-state index in [4.69, 9.17) is 4.74 Å². The van der Waals surface area contributed by atoms with Crippen LogP contribution in [0.3, 0.4) is 0 Å². The highest BCUT2D eigenvalue weighted by molar-refractivity contribution is 5.97. The van der Waals surface area contributed by atoms with Crippen molar-refractivity contribution in [3.63, 3.8) is 0 Å². The maximum Gasteiger partial charge on any atom is 0.410 e. The molecule has 4 aromatic rings. The lowest BCUT2D eigenvalue weighted by Crippen LogP contribution is -2.49. The Morgan fingerprint density at radius 2 is 1.66 bits per heavy atom. The van der Waals surface area contributed by atoms with Crippen molar-refractivity contribution in [3.8, 4) is 0 Å². The number of piperazine rings is 1. The molecule has 1 aromatic heterocycles. The smallest absolute Gasteiger partial charge is 0.410 e. The Bertz CT molecular complexity index is 1620. The average molecular weight is 556 g/mol. The Labute approximate surface area is 238 Å². The van der Waals surface area contributed by atoms with Crippen molar-refractivity contribution in [1.82, 2.24) is 20.0 Å². The second kappa shape index (κ2) is 10.6. The standard InChI is InChI=1S/C32H34FN5O3/c1-32(2,3)41-31(40)38-17-15-37(16-18-38)19-20-7-9-22(10-8-20)28-26(21-11-13-23(33)14-12-21)29-27-24(30(39)36-35-29)5-4-6-25(27)34-28/h4-14,26,28,34H,15-19H2,1-3H3,(H,36,39). The van der Waals surface area contributed by atoms with Crippen LogP contribution in [0.15, 0.2) is 71.5 Å². The van der Waals surface area contributed by atoms with Gasteiger partial charge < -0.3 is 15.0 Å². The molecule has 0 radical (unpaired) electrons. The predicted octanol–water partition coefficient (Wildman–Crippen LogP) is 5.41. The number of carbonyl (C=O) groups is 1. The zero-order chi connectivity index (χ0) is 28.7. The molecular formula is C32H34FN5O3. The maximum absolute atomic E-state index is 13.8. The fraction of sp³-hybridized carbons (Fsp3) is 0.344. The number of halogens is 1. The van der Waals surface area contributed by atoms with Gasteiger partial charge in [0, 0.05) is 43.8 Å². The van der Waals surface area contributed by atoms with Crippen LogP contribution >= 0.6 is 0 Å². The molecule has 2 atom stereocenters. The number of aromatic nitrogens is 2. The summed E-state index contributed by atoms with van der Waals surface area (Å²) in [7, 11) is 0. The van der Waals surface area contributed by atoms with Gasteiger partial charge in [-0.2, -0.15) is 5.10 Å². The first kappa shape index (κ1) is 27.0. The van der Waals surface area contributed by atoms with E-state index in [2.05, 4.69) is 44.7 Å². The van der Waals surface area contributed by atoms with Crippen molar-refractivity contribution in [1.29, 1.82) is 0 Å². The van der Waals surface area contributed by atoms with E-state index in [0.29, 0.717) is 18.5 Å². The molecular weight excluding hydrogens is 521 g/mol. The summed E-state index contributed by atoms with van der Waals surface area (Å²) in [6.45, 7) is 9.26. The average Bonchev–Trinajstić information content (AvgIpc) is 2.95.